The molecule has 1 aliphatic rings. The third kappa shape index (κ3) is 1.71. The summed E-state index contributed by atoms with van der Waals surface area (Å²) in [6.45, 7) is 1.29. The molecule has 0 N–H and O–H groups in total. The summed E-state index contributed by atoms with van der Waals surface area (Å²) in [5.74, 6) is -0.706. The van der Waals surface area contributed by atoms with Gasteiger partial charge in [-0.05, 0) is 12.1 Å². The molecule has 1 aromatic rings. The molecule has 0 aromatic carbocycles. The van der Waals surface area contributed by atoms with E-state index in [9.17, 15) is 9.59 Å². The Balaban J connectivity index is 2.39. The Morgan fingerprint density at radius 2 is 2.13 bits per heavy atom. The Hall–Kier alpha value is -2.17. The summed E-state index contributed by atoms with van der Waals surface area (Å²) in [4.78, 5) is 33.7. The van der Waals surface area contributed by atoms with E-state index >= 15 is 0 Å². The predicted octanol–water partition coefficient (Wildman–Crippen LogP) is 0.398. The van der Waals surface area contributed by atoms with Gasteiger partial charge in [0.05, 0.1) is 0 Å². The summed E-state index contributed by atoms with van der Waals surface area (Å²) >= 11 is 0. The SMILES string of the molecule is CC(=O)C1=NC(c2cccnc2)=NC1=O. The van der Waals surface area contributed by atoms with Crippen LogP contribution in [0.1, 0.15) is 12.5 Å². The molecular weight excluding hydrogens is 194 g/mol. The lowest BCUT2D eigenvalue weighted by Gasteiger charge is -1.93. The number of rotatable bonds is 2. The maximum Gasteiger partial charge on any atom is 0.301 e. The Morgan fingerprint density at radius 3 is 2.67 bits per heavy atom. The van der Waals surface area contributed by atoms with Crippen molar-refractivity contribution in [1.29, 1.82) is 0 Å². The fourth-order valence-corrected chi connectivity index (χ4v) is 1.18. The van der Waals surface area contributed by atoms with Crippen molar-refractivity contribution in [2.45, 2.75) is 6.92 Å². The molecule has 0 bridgehead atoms. The molecule has 0 radical (unpaired) electrons. The number of pyridine rings is 1. The molecule has 0 atom stereocenters. The minimum Gasteiger partial charge on any atom is -0.293 e. The molecule has 74 valence electrons. The molecule has 15 heavy (non-hydrogen) atoms. The molecule has 0 saturated heterocycles. The zero-order valence-corrected chi connectivity index (χ0v) is 7.97. The van der Waals surface area contributed by atoms with E-state index in [0.717, 1.165) is 0 Å². The van der Waals surface area contributed by atoms with Gasteiger partial charge in [-0.25, -0.2) is 4.99 Å². The molecule has 1 aliphatic heterocycles. The van der Waals surface area contributed by atoms with E-state index in [4.69, 9.17) is 0 Å². The molecule has 0 spiro atoms. The molecule has 0 fully saturated rings. The third-order valence-electron chi connectivity index (χ3n) is 1.88. The first-order valence-corrected chi connectivity index (χ1v) is 4.31. The van der Waals surface area contributed by atoms with E-state index in [1.165, 1.54) is 6.92 Å². The second-order valence-electron chi connectivity index (χ2n) is 3.00. The molecule has 0 aliphatic carbocycles. The number of hydrogen-bond acceptors (Lipinski definition) is 4. The molecule has 5 heteroatoms. The standard InChI is InChI=1S/C10H7N3O2/c1-6(14)8-10(15)13-9(12-8)7-3-2-4-11-5-7/h2-5H,1H3. The number of ketones is 1. The topological polar surface area (TPSA) is 71.8 Å². The lowest BCUT2D eigenvalue weighted by atomic mass is 10.2. The molecule has 2 heterocycles. The van der Waals surface area contributed by atoms with Crippen LogP contribution in [0.25, 0.3) is 0 Å². The van der Waals surface area contributed by atoms with E-state index in [2.05, 4.69) is 15.0 Å². The van der Waals surface area contributed by atoms with Crippen molar-refractivity contribution in [2.24, 2.45) is 9.98 Å². The number of nitrogens with zero attached hydrogens (tertiary/aromatic N) is 3. The molecule has 1 amide bonds. The fraction of sp³-hybridized carbons (Fsp3) is 0.100. The number of Topliss-reactive ketones (excluding diaryl/α,β-unsaturated/α-hetero) is 1. The average molecular weight is 201 g/mol. The maximum atomic E-state index is 11.2. The summed E-state index contributed by atoms with van der Waals surface area (Å²) in [7, 11) is 0. The van der Waals surface area contributed by atoms with Gasteiger partial charge >= 0.3 is 5.91 Å². The number of hydrogen-bond donors (Lipinski definition) is 0. The van der Waals surface area contributed by atoms with Crippen LogP contribution in [0.2, 0.25) is 0 Å². The normalized spacial score (nSPS) is 14.9. The highest BCUT2D eigenvalue weighted by molar-refractivity contribution is 6.68. The van der Waals surface area contributed by atoms with Gasteiger partial charge in [0.2, 0.25) is 0 Å². The van der Waals surface area contributed by atoms with Gasteiger partial charge in [-0.15, -0.1) is 0 Å². The summed E-state index contributed by atoms with van der Waals surface area (Å²) in [6.07, 6.45) is 3.15. The summed E-state index contributed by atoms with van der Waals surface area (Å²) in [5.41, 5.74) is 0.510. The van der Waals surface area contributed by atoms with Crippen molar-refractivity contribution >= 4 is 23.2 Å². The lowest BCUT2D eigenvalue weighted by molar-refractivity contribution is -0.115. The van der Waals surface area contributed by atoms with E-state index < -0.39 is 5.91 Å². The first-order valence-electron chi connectivity index (χ1n) is 4.31. The predicted molar refractivity (Wildman–Crippen MR) is 53.9 cm³/mol. The number of aromatic nitrogens is 1. The third-order valence-corrected chi connectivity index (χ3v) is 1.88. The zero-order valence-electron chi connectivity index (χ0n) is 7.97. The largest absolute Gasteiger partial charge is 0.301 e. The van der Waals surface area contributed by atoms with Gasteiger partial charge in [-0.3, -0.25) is 14.6 Å². The highest BCUT2D eigenvalue weighted by Gasteiger charge is 2.24. The maximum absolute atomic E-state index is 11.2. The second-order valence-corrected chi connectivity index (χ2v) is 3.00. The van der Waals surface area contributed by atoms with Crippen molar-refractivity contribution in [3.05, 3.63) is 30.1 Å². The van der Waals surface area contributed by atoms with Crippen molar-refractivity contribution in [1.82, 2.24) is 4.98 Å². The minimum atomic E-state index is -0.582. The van der Waals surface area contributed by atoms with Crippen molar-refractivity contribution in [3.63, 3.8) is 0 Å². The molecular formula is C10H7N3O2. The van der Waals surface area contributed by atoms with Gasteiger partial charge in [-0.2, -0.15) is 4.99 Å². The Bertz CT molecular complexity index is 489. The number of carbonyl (C=O) groups is 2. The van der Waals surface area contributed by atoms with E-state index in [0.29, 0.717) is 5.56 Å². The number of carbonyl (C=O) groups excluding carboxylic acids is 2. The molecule has 0 saturated carbocycles. The number of amides is 1. The molecule has 1 aromatic heterocycles. The van der Waals surface area contributed by atoms with Gasteiger partial charge in [-0.1, -0.05) is 0 Å². The van der Waals surface area contributed by atoms with Crippen LogP contribution >= 0.6 is 0 Å². The van der Waals surface area contributed by atoms with Crippen LogP contribution in [-0.4, -0.2) is 28.2 Å². The summed E-state index contributed by atoms with van der Waals surface area (Å²) in [6, 6.07) is 3.44. The van der Waals surface area contributed by atoms with E-state index in [-0.39, 0.29) is 17.3 Å². The minimum absolute atomic E-state index is 0.117. The Morgan fingerprint density at radius 1 is 1.33 bits per heavy atom. The quantitative estimate of drug-likeness (QED) is 0.695. The van der Waals surface area contributed by atoms with Crippen LogP contribution < -0.4 is 0 Å². The van der Waals surface area contributed by atoms with Crippen LogP contribution in [-0.2, 0) is 9.59 Å². The molecule has 2 rings (SSSR count). The zero-order chi connectivity index (χ0) is 10.8. The molecule has 0 unspecified atom stereocenters. The highest BCUT2D eigenvalue weighted by atomic mass is 16.2. The number of aliphatic imine (C=N–C) groups is 2. The van der Waals surface area contributed by atoms with Gasteiger partial charge in [0, 0.05) is 24.9 Å². The van der Waals surface area contributed by atoms with Gasteiger partial charge in [0.1, 0.15) is 0 Å². The Kier molecular flexibility index (Phi) is 2.21. The number of amidine groups is 1. The van der Waals surface area contributed by atoms with Crippen molar-refractivity contribution in [3.8, 4) is 0 Å². The van der Waals surface area contributed by atoms with Gasteiger partial charge < -0.3 is 0 Å². The smallest absolute Gasteiger partial charge is 0.293 e. The summed E-state index contributed by atoms with van der Waals surface area (Å²) < 4.78 is 0. The first kappa shape index (κ1) is 9.39. The summed E-state index contributed by atoms with van der Waals surface area (Å²) in [5, 5.41) is 0. The average Bonchev–Trinajstić information content (AvgIpc) is 2.62. The lowest BCUT2D eigenvalue weighted by Crippen LogP contribution is -2.16. The van der Waals surface area contributed by atoms with Crippen LogP contribution in [0, 0.1) is 0 Å². The molecule has 5 nitrogen and oxygen atoms in total. The van der Waals surface area contributed by atoms with E-state index in [1.807, 2.05) is 0 Å². The highest BCUT2D eigenvalue weighted by Crippen LogP contribution is 2.07. The van der Waals surface area contributed by atoms with Crippen LogP contribution in [0.15, 0.2) is 34.5 Å². The van der Waals surface area contributed by atoms with Crippen LogP contribution in [0.4, 0.5) is 0 Å². The van der Waals surface area contributed by atoms with Crippen LogP contribution in [0.3, 0.4) is 0 Å². The monoisotopic (exact) mass is 201 g/mol. The van der Waals surface area contributed by atoms with Gasteiger partial charge in [0.25, 0.3) is 0 Å². The van der Waals surface area contributed by atoms with Gasteiger partial charge in [0.15, 0.2) is 17.3 Å². The first-order chi connectivity index (χ1) is 7.18. The fourth-order valence-electron chi connectivity index (χ4n) is 1.18. The van der Waals surface area contributed by atoms with Crippen molar-refractivity contribution in [2.75, 3.05) is 0 Å². The van der Waals surface area contributed by atoms with Crippen molar-refractivity contribution < 1.29 is 9.59 Å². The Labute approximate surface area is 85.6 Å². The second kappa shape index (κ2) is 3.53. The van der Waals surface area contributed by atoms with Crippen LogP contribution in [0.5, 0.6) is 0 Å². The van der Waals surface area contributed by atoms with E-state index in [1.54, 1.807) is 24.5 Å².